The molecule has 0 spiro atoms. The van der Waals surface area contributed by atoms with Gasteiger partial charge in [0.05, 0.1) is 34.2 Å². The summed E-state index contributed by atoms with van der Waals surface area (Å²) in [7, 11) is 0. The minimum atomic E-state index is -0.0839. The van der Waals surface area contributed by atoms with E-state index < -0.39 is 0 Å². The van der Waals surface area contributed by atoms with Crippen LogP contribution in [0.25, 0.3) is 56.4 Å². The number of fused-ring (bicyclic) bond motifs is 3. The molecule has 9 rings (SSSR count). The Labute approximate surface area is 273 Å². The molecule has 0 fully saturated rings. The van der Waals surface area contributed by atoms with Crippen LogP contribution in [0.15, 0.2) is 170 Å². The Morgan fingerprint density at radius 1 is 0.511 bits per heavy atom. The Morgan fingerprint density at radius 2 is 1.02 bits per heavy atom. The average molecular weight is 607 g/mol. The van der Waals surface area contributed by atoms with Crippen LogP contribution in [0.5, 0.6) is 5.75 Å². The number of benzene rings is 5. The fourth-order valence-corrected chi connectivity index (χ4v) is 6.63. The van der Waals surface area contributed by atoms with Gasteiger partial charge in [-0.2, -0.15) is 10.2 Å². The van der Waals surface area contributed by atoms with Gasteiger partial charge in [-0.1, -0.05) is 121 Å². The van der Waals surface area contributed by atoms with Crippen LogP contribution in [0.2, 0.25) is 0 Å². The van der Waals surface area contributed by atoms with Crippen molar-refractivity contribution in [2.75, 3.05) is 0 Å². The fourth-order valence-electron chi connectivity index (χ4n) is 6.63. The molecule has 0 amide bonds. The van der Waals surface area contributed by atoms with Crippen LogP contribution in [0.4, 0.5) is 0 Å². The molecule has 7 aromatic rings. The minimum Gasteiger partial charge on any atom is -0.485 e. The molecule has 2 aliphatic rings. The van der Waals surface area contributed by atoms with Crippen molar-refractivity contribution in [1.82, 2.24) is 19.6 Å². The topological polar surface area (TPSA) is 44.9 Å². The first-order chi connectivity index (χ1) is 23.3. The van der Waals surface area contributed by atoms with Gasteiger partial charge in [0.15, 0.2) is 0 Å². The van der Waals surface area contributed by atoms with E-state index in [9.17, 15) is 0 Å². The molecule has 5 nitrogen and oxygen atoms in total. The first-order valence-electron chi connectivity index (χ1n) is 15.9. The van der Waals surface area contributed by atoms with Gasteiger partial charge in [0.1, 0.15) is 11.9 Å². The van der Waals surface area contributed by atoms with Gasteiger partial charge in [-0.3, -0.25) is 0 Å². The molecule has 0 bridgehead atoms. The number of ether oxygens (including phenoxy) is 1. The summed E-state index contributed by atoms with van der Waals surface area (Å²) in [6, 6.07) is 52.4. The van der Waals surface area contributed by atoms with E-state index in [1.165, 1.54) is 0 Å². The molecule has 1 aliphatic heterocycles. The Kier molecular flexibility index (Phi) is 6.53. The fraction of sp³-hybridized carbons (Fsp3) is 0.0476. The third-order valence-corrected chi connectivity index (χ3v) is 8.96. The van der Waals surface area contributed by atoms with Crippen molar-refractivity contribution in [3.8, 4) is 56.5 Å². The maximum Gasteiger partial charge on any atom is 0.128 e. The van der Waals surface area contributed by atoms with Crippen molar-refractivity contribution in [2.45, 2.75) is 12.0 Å². The van der Waals surface area contributed by atoms with Crippen molar-refractivity contribution in [2.24, 2.45) is 0 Å². The molecule has 2 unspecified atom stereocenters. The van der Waals surface area contributed by atoms with E-state index in [-0.39, 0.29) is 12.0 Å². The van der Waals surface area contributed by atoms with Crippen LogP contribution in [0, 0.1) is 0 Å². The second kappa shape index (κ2) is 11.3. The zero-order valence-corrected chi connectivity index (χ0v) is 25.5. The van der Waals surface area contributed by atoms with Gasteiger partial charge in [0.25, 0.3) is 0 Å². The smallest absolute Gasteiger partial charge is 0.128 e. The van der Waals surface area contributed by atoms with E-state index in [0.29, 0.717) is 0 Å². The lowest BCUT2D eigenvalue weighted by atomic mass is 9.90. The normalized spacial score (nSPS) is 16.3. The molecule has 0 saturated carbocycles. The third-order valence-electron chi connectivity index (χ3n) is 8.96. The van der Waals surface area contributed by atoms with Crippen molar-refractivity contribution < 1.29 is 4.74 Å². The van der Waals surface area contributed by atoms with E-state index in [4.69, 9.17) is 14.9 Å². The highest BCUT2D eigenvalue weighted by atomic mass is 16.5. The summed E-state index contributed by atoms with van der Waals surface area (Å²) in [5, 5.41) is 10.3. The molecule has 2 atom stereocenters. The van der Waals surface area contributed by atoms with Gasteiger partial charge in [0, 0.05) is 33.7 Å². The average Bonchev–Trinajstić information content (AvgIpc) is 3.89. The molecule has 5 aromatic carbocycles. The lowest BCUT2D eigenvalue weighted by Gasteiger charge is -2.20. The maximum absolute atomic E-state index is 6.47. The van der Waals surface area contributed by atoms with Gasteiger partial charge in [0.2, 0.25) is 0 Å². The summed E-state index contributed by atoms with van der Waals surface area (Å²) >= 11 is 0. The maximum atomic E-state index is 6.47. The standard InChI is InChI=1S/C42H30N4O/c1-5-13-29(14-6-1)37-27-39(31-17-9-3-10-18-31)45(43-37)33-21-23-41-35(25-33)36-26-34(22-24-42(36)47-41)46-40(32-19-11-4-12-20-32)28-38(44-46)30-15-7-2-8-16-30/h1-28,35,41H. The first-order valence-corrected chi connectivity index (χ1v) is 15.9. The molecule has 0 N–H and O–H groups in total. The predicted molar refractivity (Wildman–Crippen MR) is 188 cm³/mol. The summed E-state index contributed by atoms with van der Waals surface area (Å²) in [5.41, 5.74) is 11.5. The highest BCUT2D eigenvalue weighted by Gasteiger charge is 2.35. The second-order valence-corrected chi connectivity index (χ2v) is 11.9. The van der Waals surface area contributed by atoms with Crippen LogP contribution in [-0.2, 0) is 0 Å². The van der Waals surface area contributed by atoms with Crippen molar-refractivity contribution >= 4 is 5.70 Å². The summed E-state index contributed by atoms with van der Waals surface area (Å²) in [5.74, 6) is 0.929. The Hall–Kier alpha value is -6.20. The Bertz CT molecular complexity index is 2270. The number of rotatable bonds is 6. The van der Waals surface area contributed by atoms with E-state index in [2.05, 4.69) is 155 Å². The molecule has 0 radical (unpaired) electrons. The van der Waals surface area contributed by atoms with Crippen molar-refractivity contribution in [3.05, 3.63) is 175 Å². The van der Waals surface area contributed by atoms with E-state index in [1.807, 2.05) is 24.3 Å². The minimum absolute atomic E-state index is 0.0299. The summed E-state index contributed by atoms with van der Waals surface area (Å²) in [6.07, 6.45) is 6.51. The number of hydrogen-bond acceptors (Lipinski definition) is 3. The van der Waals surface area contributed by atoms with E-state index in [1.54, 1.807) is 0 Å². The first kappa shape index (κ1) is 27.1. The van der Waals surface area contributed by atoms with Crippen LogP contribution in [-0.4, -0.2) is 25.7 Å². The SMILES string of the molecule is C1=CC2Oc3ccc(-n4nc(-c5ccccc5)cc4-c4ccccc4)cc3C2C=C1n1nc(-c2ccccc2)cc1-c1ccccc1. The van der Waals surface area contributed by atoms with Crippen LogP contribution in [0.3, 0.4) is 0 Å². The Morgan fingerprint density at radius 3 is 1.60 bits per heavy atom. The van der Waals surface area contributed by atoms with Crippen LogP contribution < -0.4 is 4.74 Å². The monoisotopic (exact) mass is 606 g/mol. The highest BCUT2D eigenvalue weighted by Crippen LogP contribution is 2.44. The van der Waals surface area contributed by atoms with Gasteiger partial charge < -0.3 is 4.74 Å². The van der Waals surface area contributed by atoms with Gasteiger partial charge in [-0.05, 0) is 48.6 Å². The Balaban J connectivity index is 1.14. The third kappa shape index (κ3) is 4.89. The number of nitrogens with zero attached hydrogens (tertiary/aromatic N) is 4. The second-order valence-electron chi connectivity index (χ2n) is 11.9. The highest BCUT2D eigenvalue weighted by molar-refractivity contribution is 5.76. The quantitative estimate of drug-likeness (QED) is 0.189. The summed E-state index contributed by atoms with van der Waals surface area (Å²) < 4.78 is 10.6. The molecule has 2 aromatic heterocycles. The lowest BCUT2D eigenvalue weighted by Crippen LogP contribution is -2.18. The van der Waals surface area contributed by atoms with Gasteiger partial charge in [-0.15, -0.1) is 0 Å². The molecule has 3 heterocycles. The lowest BCUT2D eigenvalue weighted by molar-refractivity contribution is 0.269. The predicted octanol–water partition coefficient (Wildman–Crippen LogP) is 9.69. The molecular formula is C42H30N4O. The molecule has 1 aliphatic carbocycles. The number of hydrogen-bond donors (Lipinski definition) is 0. The molecular weight excluding hydrogens is 576 g/mol. The summed E-state index contributed by atoms with van der Waals surface area (Å²) in [4.78, 5) is 0. The molecule has 224 valence electrons. The van der Waals surface area contributed by atoms with Crippen molar-refractivity contribution in [1.29, 1.82) is 0 Å². The van der Waals surface area contributed by atoms with E-state index in [0.717, 1.165) is 67.7 Å². The number of aromatic nitrogens is 4. The van der Waals surface area contributed by atoms with Crippen molar-refractivity contribution in [3.63, 3.8) is 0 Å². The van der Waals surface area contributed by atoms with Gasteiger partial charge in [-0.25, -0.2) is 9.36 Å². The van der Waals surface area contributed by atoms with E-state index >= 15 is 0 Å². The van der Waals surface area contributed by atoms with Crippen LogP contribution in [0.1, 0.15) is 11.5 Å². The molecule has 5 heteroatoms. The molecule has 47 heavy (non-hydrogen) atoms. The zero-order valence-electron chi connectivity index (χ0n) is 25.5. The van der Waals surface area contributed by atoms with Crippen LogP contribution >= 0.6 is 0 Å². The van der Waals surface area contributed by atoms with Gasteiger partial charge >= 0.3 is 0 Å². The molecule has 0 saturated heterocycles. The summed E-state index contributed by atoms with van der Waals surface area (Å²) in [6.45, 7) is 0. The zero-order chi connectivity index (χ0) is 31.2. The largest absolute Gasteiger partial charge is 0.485 e. The number of allylic oxidation sites excluding steroid dienone is 2.